The molecule has 0 saturated heterocycles. The average molecular weight is 469 g/mol. The van der Waals surface area contributed by atoms with Crippen LogP contribution in [-0.4, -0.2) is 21.9 Å². The molecule has 0 fully saturated rings. The number of rotatable bonds is 3. The van der Waals surface area contributed by atoms with Crippen molar-refractivity contribution < 1.29 is 18.0 Å². The number of hydrogen-bond acceptors (Lipinski definition) is 3. The van der Waals surface area contributed by atoms with E-state index >= 15 is 0 Å². The minimum absolute atomic E-state index is 0.00265. The number of fused-ring (bicyclic) bond motifs is 1. The van der Waals surface area contributed by atoms with E-state index in [1.54, 1.807) is 18.2 Å². The van der Waals surface area contributed by atoms with Crippen LogP contribution in [0.15, 0.2) is 48.7 Å². The molecular formula is C21H17Cl2F3N4O. The lowest BCUT2D eigenvalue weighted by Crippen LogP contribution is -2.36. The standard InChI is InChI=1S/C21H17Cl2F3N4O/c1-11-2-4-12(5-3-11)17-9-18(21(24,25)26)30-19(29-17)14(10-27-30)20(31)28-13-6-7-15(22)16(23)8-13/h2-8,10,17-18,29H,9H2,1H3,(H,28,31). The number of alkyl halides is 3. The Balaban J connectivity index is 1.68. The summed E-state index contributed by atoms with van der Waals surface area (Å²) in [7, 11) is 0. The van der Waals surface area contributed by atoms with Crippen LogP contribution in [0.4, 0.5) is 24.7 Å². The molecule has 0 aliphatic carbocycles. The van der Waals surface area contributed by atoms with Gasteiger partial charge >= 0.3 is 6.18 Å². The van der Waals surface area contributed by atoms with Gasteiger partial charge in [-0.25, -0.2) is 4.68 Å². The quantitative estimate of drug-likeness (QED) is 0.466. The number of carbonyl (C=O) groups excluding carboxylic acids is 1. The fourth-order valence-corrected chi connectivity index (χ4v) is 3.82. The third-order valence-electron chi connectivity index (χ3n) is 5.14. The number of halogens is 5. The monoisotopic (exact) mass is 468 g/mol. The van der Waals surface area contributed by atoms with Gasteiger partial charge in [0.05, 0.1) is 22.3 Å². The molecule has 0 bridgehead atoms. The van der Waals surface area contributed by atoms with E-state index < -0.39 is 24.2 Å². The molecule has 10 heteroatoms. The Morgan fingerprint density at radius 2 is 1.87 bits per heavy atom. The van der Waals surface area contributed by atoms with Gasteiger partial charge in [-0.3, -0.25) is 4.79 Å². The third-order valence-corrected chi connectivity index (χ3v) is 5.88. The number of aryl methyl sites for hydroxylation is 1. The Labute approximate surface area is 186 Å². The van der Waals surface area contributed by atoms with Crippen LogP contribution in [0.2, 0.25) is 10.0 Å². The number of amides is 1. The van der Waals surface area contributed by atoms with Crippen LogP contribution in [0, 0.1) is 6.92 Å². The number of hydrogen-bond donors (Lipinski definition) is 2. The topological polar surface area (TPSA) is 59.0 Å². The van der Waals surface area contributed by atoms with E-state index in [1.807, 2.05) is 19.1 Å². The average Bonchev–Trinajstić information content (AvgIpc) is 3.14. The number of nitrogens with one attached hydrogen (secondary N) is 2. The van der Waals surface area contributed by atoms with Gasteiger partial charge in [-0.2, -0.15) is 18.3 Å². The van der Waals surface area contributed by atoms with Gasteiger partial charge in [-0.1, -0.05) is 53.0 Å². The van der Waals surface area contributed by atoms with Crippen LogP contribution in [0.1, 0.15) is 40.0 Å². The van der Waals surface area contributed by atoms with E-state index in [-0.39, 0.29) is 22.8 Å². The minimum atomic E-state index is -4.52. The molecular weight excluding hydrogens is 452 g/mol. The van der Waals surface area contributed by atoms with E-state index in [4.69, 9.17) is 23.2 Å². The summed E-state index contributed by atoms with van der Waals surface area (Å²) in [6, 6.07) is 9.26. The second-order valence-electron chi connectivity index (χ2n) is 7.34. The third kappa shape index (κ3) is 4.36. The smallest absolute Gasteiger partial charge is 0.363 e. The predicted molar refractivity (Wildman–Crippen MR) is 114 cm³/mol. The zero-order chi connectivity index (χ0) is 22.3. The van der Waals surface area contributed by atoms with Crippen molar-refractivity contribution in [3.63, 3.8) is 0 Å². The largest absolute Gasteiger partial charge is 0.410 e. The van der Waals surface area contributed by atoms with E-state index in [0.29, 0.717) is 16.3 Å². The first-order chi connectivity index (χ1) is 14.6. The summed E-state index contributed by atoms with van der Waals surface area (Å²) in [5.74, 6) is -0.602. The Hall–Kier alpha value is -2.71. The van der Waals surface area contributed by atoms with Gasteiger partial charge < -0.3 is 10.6 Å². The summed E-state index contributed by atoms with van der Waals surface area (Å²) in [6.45, 7) is 1.90. The van der Waals surface area contributed by atoms with Crippen molar-refractivity contribution >= 4 is 40.6 Å². The van der Waals surface area contributed by atoms with Gasteiger partial charge in [0.1, 0.15) is 11.4 Å². The molecule has 4 rings (SSSR count). The molecule has 2 atom stereocenters. The van der Waals surface area contributed by atoms with Gasteiger partial charge in [0.15, 0.2) is 6.04 Å². The zero-order valence-electron chi connectivity index (χ0n) is 16.2. The number of nitrogens with zero attached hydrogens (tertiary/aromatic N) is 2. The van der Waals surface area contributed by atoms with Gasteiger partial charge in [0.25, 0.3) is 5.91 Å². The van der Waals surface area contributed by atoms with E-state index in [9.17, 15) is 18.0 Å². The summed E-state index contributed by atoms with van der Waals surface area (Å²) in [5.41, 5.74) is 2.05. The first kappa shape index (κ1) is 21.5. The summed E-state index contributed by atoms with van der Waals surface area (Å²) in [5, 5.41) is 10.1. The molecule has 0 spiro atoms. The summed E-state index contributed by atoms with van der Waals surface area (Å²) < 4.78 is 42.2. The summed E-state index contributed by atoms with van der Waals surface area (Å²) in [6.07, 6.45) is -3.64. The molecule has 2 N–H and O–H groups in total. The highest BCUT2D eigenvalue weighted by Crippen LogP contribution is 2.44. The fraction of sp³-hybridized carbons (Fsp3) is 0.238. The Bertz CT molecular complexity index is 1130. The first-order valence-electron chi connectivity index (χ1n) is 9.37. The van der Waals surface area contributed by atoms with Crippen LogP contribution >= 0.6 is 23.2 Å². The zero-order valence-corrected chi connectivity index (χ0v) is 17.7. The lowest BCUT2D eigenvalue weighted by molar-refractivity contribution is -0.173. The molecule has 3 aromatic rings. The fourth-order valence-electron chi connectivity index (χ4n) is 3.52. The normalized spacial score (nSPS) is 18.3. The van der Waals surface area contributed by atoms with E-state index in [2.05, 4.69) is 15.7 Å². The van der Waals surface area contributed by atoms with E-state index in [0.717, 1.165) is 16.4 Å². The molecule has 2 heterocycles. The van der Waals surface area contributed by atoms with Crippen molar-refractivity contribution in [1.82, 2.24) is 9.78 Å². The maximum Gasteiger partial charge on any atom is 0.410 e. The molecule has 2 unspecified atom stereocenters. The Kier molecular flexibility index (Phi) is 5.61. The molecule has 1 amide bonds. The molecule has 1 aliphatic heterocycles. The Morgan fingerprint density at radius 3 is 2.52 bits per heavy atom. The molecule has 1 aliphatic rings. The molecule has 31 heavy (non-hydrogen) atoms. The van der Waals surface area contributed by atoms with Crippen molar-refractivity contribution in [2.45, 2.75) is 31.6 Å². The molecule has 162 valence electrons. The minimum Gasteiger partial charge on any atom is -0.363 e. The van der Waals surface area contributed by atoms with Crippen molar-refractivity contribution in [2.75, 3.05) is 10.6 Å². The highest BCUT2D eigenvalue weighted by atomic mass is 35.5. The lowest BCUT2D eigenvalue weighted by Gasteiger charge is -2.34. The number of anilines is 2. The Morgan fingerprint density at radius 1 is 1.16 bits per heavy atom. The summed E-state index contributed by atoms with van der Waals surface area (Å²) in [4.78, 5) is 12.8. The molecule has 0 radical (unpaired) electrons. The maximum absolute atomic E-state index is 13.8. The highest BCUT2D eigenvalue weighted by molar-refractivity contribution is 6.42. The van der Waals surface area contributed by atoms with Gasteiger partial charge in [0.2, 0.25) is 0 Å². The van der Waals surface area contributed by atoms with Gasteiger partial charge in [0, 0.05) is 12.1 Å². The second-order valence-corrected chi connectivity index (χ2v) is 8.15. The van der Waals surface area contributed by atoms with Crippen molar-refractivity contribution in [1.29, 1.82) is 0 Å². The predicted octanol–water partition coefficient (Wildman–Crippen LogP) is 6.41. The SMILES string of the molecule is Cc1ccc(C2CC(C(F)(F)F)n3ncc(C(=O)Nc4ccc(Cl)c(Cl)c4)c3N2)cc1. The first-order valence-corrected chi connectivity index (χ1v) is 10.1. The van der Waals surface area contributed by atoms with Crippen molar-refractivity contribution in [3.05, 3.63) is 75.4 Å². The van der Waals surface area contributed by atoms with Crippen LogP contribution in [0.25, 0.3) is 0 Å². The van der Waals surface area contributed by atoms with Crippen LogP contribution in [0.3, 0.4) is 0 Å². The summed E-state index contributed by atoms with van der Waals surface area (Å²) >= 11 is 11.8. The van der Waals surface area contributed by atoms with Crippen LogP contribution in [0.5, 0.6) is 0 Å². The van der Waals surface area contributed by atoms with Crippen molar-refractivity contribution in [2.24, 2.45) is 0 Å². The maximum atomic E-state index is 13.8. The van der Waals surface area contributed by atoms with Crippen molar-refractivity contribution in [3.8, 4) is 0 Å². The molecule has 1 aromatic heterocycles. The highest BCUT2D eigenvalue weighted by Gasteiger charge is 2.47. The van der Waals surface area contributed by atoms with E-state index in [1.165, 1.54) is 12.1 Å². The second kappa shape index (κ2) is 8.09. The number of benzene rings is 2. The number of aromatic nitrogens is 2. The van der Waals surface area contributed by atoms with Gasteiger partial charge in [-0.15, -0.1) is 0 Å². The number of carbonyl (C=O) groups is 1. The molecule has 2 aromatic carbocycles. The van der Waals surface area contributed by atoms with Crippen LogP contribution in [-0.2, 0) is 0 Å². The van der Waals surface area contributed by atoms with Crippen LogP contribution < -0.4 is 10.6 Å². The molecule has 5 nitrogen and oxygen atoms in total. The lowest BCUT2D eigenvalue weighted by atomic mass is 9.96. The molecule has 0 saturated carbocycles. The van der Waals surface area contributed by atoms with Gasteiger partial charge in [-0.05, 0) is 30.7 Å².